The Morgan fingerprint density at radius 2 is 1.21 bits per heavy atom. The molecule has 4 heterocycles. The normalized spacial score (nSPS) is 17.7. The molecule has 4 unspecified atom stereocenters. The molecule has 0 radical (unpaired) electrons. The van der Waals surface area contributed by atoms with Crippen LogP contribution in [-0.2, 0) is 30.3 Å². The zero-order valence-electron chi connectivity index (χ0n) is 42.8. The predicted octanol–water partition coefficient (Wildman–Crippen LogP) is 9.63. The molecule has 2 saturated carbocycles. The Morgan fingerprint density at radius 1 is 0.718 bits per heavy atom. The number of nitrogens with zero attached hydrogens (tertiary/aromatic N) is 5. The van der Waals surface area contributed by atoms with Crippen LogP contribution in [0.3, 0.4) is 0 Å². The Morgan fingerprint density at radius 3 is 1.68 bits per heavy atom. The first kappa shape index (κ1) is 53.8. The molecule has 7 aromatic rings. The quantitative estimate of drug-likeness (QED) is 0.0748. The van der Waals surface area contributed by atoms with Crippen molar-refractivity contribution in [2.45, 2.75) is 125 Å². The van der Waals surface area contributed by atoms with Gasteiger partial charge in [0.05, 0.1) is 54.3 Å². The van der Waals surface area contributed by atoms with Crippen molar-refractivity contribution in [2.24, 2.45) is 16.8 Å². The van der Waals surface area contributed by atoms with Crippen molar-refractivity contribution in [3.05, 3.63) is 123 Å². The third kappa shape index (κ3) is 10.2. The molecule has 3 aromatic heterocycles. The maximum atomic E-state index is 14.2. The standard InChI is InChI=1S/C30H34FN3O4.C26H27FN2O2.K.H2O/c1-8-37-28(35)21-13-20(21)26-22-14-24-18(15-32-34(24)29(36)38-30(5,6)7)12-25(22)33(27(26)16(2)3)19-9-10-23(31)17(4)11-19;1-5-31-26(30)20-11-19(20)24-21-9-16-12-28-13-17(16)10-23(21)29(25(24)14(2)3)18-6-7-22(27)15(4)8-18;;/h9-12,14-16,20-21H,8,13H2,1-7H3;6-10,13-14,19-20H,5,11-12H2,1-4H3;;1H2/q;;+1;/p-1. The second-order valence-electron chi connectivity index (χ2n) is 20.3. The number of rotatable bonds is 10. The van der Waals surface area contributed by atoms with Crippen molar-refractivity contribution < 1.29 is 94.2 Å². The fraction of sp³-hybridized carbons (Fsp3) is 0.411. The van der Waals surface area contributed by atoms with E-state index >= 15 is 0 Å². The van der Waals surface area contributed by atoms with E-state index in [4.69, 9.17) is 14.2 Å². The fourth-order valence-electron chi connectivity index (χ4n) is 10.3. The average molecular weight is 994 g/mol. The zero-order chi connectivity index (χ0) is 49.4. The minimum Gasteiger partial charge on any atom is -0.870 e. The molecule has 0 spiro atoms. The van der Waals surface area contributed by atoms with Gasteiger partial charge in [0.25, 0.3) is 0 Å². The molecule has 1 aliphatic heterocycles. The number of halogens is 2. The summed E-state index contributed by atoms with van der Waals surface area (Å²) in [7, 11) is 0. The van der Waals surface area contributed by atoms with Gasteiger partial charge in [0.2, 0.25) is 0 Å². The van der Waals surface area contributed by atoms with Gasteiger partial charge in [-0.2, -0.15) is 9.78 Å². The van der Waals surface area contributed by atoms with Gasteiger partial charge in [0.15, 0.2) is 0 Å². The molecule has 1 N–H and O–H groups in total. The van der Waals surface area contributed by atoms with Gasteiger partial charge in [0.1, 0.15) is 17.2 Å². The van der Waals surface area contributed by atoms with Crippen LogP contribution < -0.4 is 51.4 Å². The number of hydrogen-bond acceptors (Lipinski definition) is 9. The Kier molecular flexibility index (Phi) is 15.8. The van der Waals surface area contributed by atoms with Crippen LogP contribution in [0.1, 0.15) is 144 Å². The summed E-state index contributed by atoms with van der Waals surface area (Å²) in [5, 5.41) is 7.22. The molecule has 0 amide bonds. The van der Waals surface area contributed by atoms with Crippen LogP contribution in [0.25, 0.3) is 44.1 Å². The van der Waals surface area contributed by atoms with E-state index in [9.17, 15) is 23.2 Å². The van der Waals surface area contributed by atoms with E-state index in [-0.39, 0.29) is 116 Å². The fourth-order valence-corrected chi connectivity index (χ4v) is 10.3. The molecule has 368 valence electrons. The molecule has 10 rings (SSSR count). The summed E-state index contributed by atoms with van der Waals surface area (Å²) in [6.07, 6.45) is 4.54. The first-order valence-corrected chi connectivity index (χ1v) is 24.2. The van der Waals surface area contributed by atoms with E-state index in [0.717, 1.165) is 56.4 Å². The van der Waals surface area contributed by atoms with E-state index < -0.39 is 11.7 Å². The van der Waals surface area contributed by atoms with Gasteiger partial charge in [-0.1, -0.05) is 27.7 Å². The SMILES string of the molecule is CCOC(=O)C1CC1c1c(C(C)C)n(-c2ccc(F)c(C)c2)c2cc3c(cc12)CN=C3.CCOC(=O)C1CC1c1c(C(C)C)n(-c2ccc(F)c(C)c2)c2cc3cnn(C(=O)OC(C)(C)C)c3cc12.[K+].[OH-]. The Labute approximate surface area is 455 Å². The number of aromatic nitrogens is 4. The second kappa shape index (κ2) is 20.8. The third-order valence-corrected chi connectivity index (χ3v) is 13.5. The number of ether oxygens (including phenoxy) is 3. The van der Waals surface area contributed by atoms with Crippen LogP contribution in [0.2, 0.25) is 0 Å². The summed E-state index contributed by atoms with van der Waals surface area (Å²) >= 11 is 0. The van der Waals surface area contributed by atoms with Crippen molar-refractivity contribution in [3.63, 3.8) is 0 Å². The summed E-state index contributed by atoms with van der Waals surface area (Å²) in [5.41, 5.74) is 11.8. The van der Waals surface area contributed by atoms with Crippen LogP contribution >= 0.6 is 0 Å². The maximum absolute atomic E-state index is 14.2. The van der Waals surface area contributed by atoms with Gasteiger partial charge < -0.3 is 28.8 Å². The monoisotopic (exact) mass is 993 g/mol. The third-order valence-electron chi connectivity index (χ3n) is 13.5. The van der Waals surface area contributed by atoms with E-state index in [1.54, 1.807) is 26.1 Å². The van der Waals surface area contributed by atoms with Gasteiger partial charge >= 0.3 is 69.4 Å². The van der Waals surface area contributed by atoms with Crippen molar-refractivity contribution in [1.29, 1.82) is 0 Å². The number of aliphatic imine (C=N–C) groups is 1. The van der Waals surface area contributed by atoms with Gasteiger partial charge in [0, 0.05) is 57.0 Å². The number of hydrogen-bond donors (Lipinski definition) is 0. The van der Waals surface area contributed by atoms with Crippen molar-refractivity contribution in [3.8, 4) is 11.4 Å². The minimum absolute atomic E-state index is 0. The number of fused-ring (bicyclic) bond motifs is 4. The molecule has 15 heteroatoms. The number of carbonyl (C=O) groups excluding carboxylic acids is 3. The molecule has 4 aromatic carbocycles. The Hall–Kier alpha value is -5.03. The summed E-state index contributed by atoms with van der Waals surface area (Å²) in [5.74, 6) is -0.573. The molecular formula is C56H62F2KN5O7. The second-order valence-corrected chi connectivity index (χ2v) is 20.3. The molecule has 0 saturated heterocycles. The summed E-state index contributed by atoms with van der Waals surface area (Å²) < 4.78 is 50.2. The smallest absolute Gasteiger partial charge is 0.870 e. The topological polar surface area (TPSA) is 149 Å². The summed E-state index contributed by atoms with van der Waals surface area (Å²) in [6, 6.07) is 18.8. The number of esters is 2. The number of carbonyl (C=O) groups is 3. The first-order valence-electron chi connectivity index (χ1n) is 24.2. The summed E-state index contributed by atoms with van der Waals surface area (Å²) in [4.78, 5) is 42.5. The van der Waals surface area contributed by atoms with Gasteiger partial charge in [-0.15, -0.1) is 0 Å². The van der Waals surface area contributed by atoms with Gasteiger partial charge in [-0.05, 0) is 167 Å². The van der Waals surface area contributed by atoms with Crippen LogP contribution in [-0.4, -0.2) is 67.5 Å². The van der Waals surface area contributed by atoms with E-state index in [1.165, 1.54) is 39.0 Å². The molecule has 2 fully saturated rings. The van der Waals surface area contributed by atoms with Crippen molar-refractivity contribution >= 4 is 57.0 Å². The predicted molar refractivity (Wildman–Crippen MR) is 267 cm³/mol. The Balaban J connectivity index is 0.000000207. The zero-order valence-corrected chi connectivity index (χ0v) is 45.9. The van der Waals surface area contributed by atoms with E-state index in [2.05, 4.69) is 59.1 Å². The van der Waals surface area contributed by atoms with Gasteiger partial charge in [-0.3, -0.25) is 14.6 Å². The molecular weight excluding hydrogens is 932 g/mol. The molecule has 12 nitrogen and oxygen atoms in total. The average Bonchev–Trinajstić information content (AvgIpc) is 4.06. The van der Waals surface area contributed by atoms with Crippen LogP contribution in [0.4, 0.5) is 13.6 Å². The van der Waals surface area contributed by atoms with Crippen molar-refractivity contribution in [1.82, 2.24) is 18.9 Å². The Bertz CT molecular complexity index is 3250. The number of benzene rings is 4. The van der Waals surface area contributed by atoms with E-state index in [1.807, 2.05) is 71.2 Å². The maximum Gasteiger partial charge on any atom is 1.00 e. The largest absolute Gasteiger partial charge is 1.00 e. The first-order chi connectivity index (χ1) is 32.8. The van der Waals surface area contributed by atoms with Gasteiger partial charge in [-0.25, -0.2) is 13.6 Å². The molecule has 0 bridgehead atoms. The number of aryl methyl sites for hydroxylation is 2. The van der Waals surface area contributed by atoms with Crippen LogP contribution in [0.5, 0.6) is 0 Å². The van der Waals surface area contributed by atoms with E-state index in [0.29, 0.717) is 42.8 Å². The molecule has 3 aliphatic rings. The molecule has 2 aliphatic carbocycles. The molecule has 71 heavy (non-hydrogen) atoms. The minimum atomic E-state index is -0.667. The van der Waals surface area contributed by atoms with Crippen LogP contribution in [0, 0.1) is 37.3 Å². The summed E-state index contributed by atoms with van der Waals surface area (Å²) in [6.45, 7) is 22.7. The van der Waals surface area contributed by atoms with Crippen molar-refractivity contribution in [2.75, 3.05) is 13.2 Å². The van der Waals surface area contributed by atoms with Crippen LogP contribution in [0.15, 0.2) is 71.9 Å². The molecule has 4 atom stereocenters.